The Kier molecular flexibility index (Phi) is 3.94. The molecule has 8 heteroatoms. The molecule has 0 bridgehead atoms. The van der Waals surface area contributed by atoms with Crippen molar-refractivity contribution in [3.63, 3.8) is 0 Å². The largest absolute Gasteiger partial charge is 0.483 e. The van der Waals surface area contributed by atoms with Crippen LogP contribution in [-0.2, 0) is 20.3 Å². The molecule has 0 atom stereocenters. The first-order valence-electron chi connectivity index (χ1n) is 5.70. The monoisotopic (exact) mass is 281 g/mol. The van der Waals surface area contributed by atoms with Crippen molar-refractivity contribution < 1.29 is 19.2 Å². The van der Waals surface area contributed by atoms with Gasteiger partial charge in [0.2, 0.25) is 0 Å². The van der Waals surface area contributed by atoms with E-state index in [9.17, 15) is 14.5 Å². The minimum Gasteiger partial charge on any atom is -0.483 e. The van der Waals surface area contributed by atoms with Gasteiger partial charge < -0.3 is 20.0 Å². The van der Waals surface area contributed by atoms with Crippen LogP contribution in [0.3, 0.4) is 0 Å². The Bertz CT molecular complexity index is 642. The predicted molar refractivity (Wildman–Crippen MR) is 66.5 cm³/mol. The number of nitrogens with zero attached hydrogens (tertiary/aromatic N) is 3. The molecule has 0 aliphatic heterocycles. The molecule has 0 unspecified atom stereocenters. The van der Waals surface area contributed by atoms with E-state index in [0.717, 1.165) is 0 Å². The zero-order chi connectivity index (χ0) is 14.7. The summed E-state index contributed by atoms with van der Waals surface area (Å²) in [6.07, 6.45) is 1.30. The van der Waals surface area contributed by atoms with Crippen LogP contribution in [0.25, 0.3) is 0 Å². The first-order chi connectivity index (χ1) is 9.52. The number of hydrogen-bond acceptors (Lipinski definition) is 5. The van der Waals surface area contributed by atoms with Crippen molar-refractivity contribution in [2.45, 2.75) is 13.2 Å². The summed E-state index contributed by atoms with van der Waals surface area (Å²) >= 11 is 0. The Balaban J connectivity index is 2.11. The van der Waals surface area contributed by atoms with E-state index < -0.39 is 10.7 Å². The normalized spacial score (nSPS) is 10.6. The van der Waals surface area contributed by atoms with Crippen molar-refractivity contribution in [2.24, 2.45) is 7.05 Å². The van der Waals surface area contributed by atoms with Crippen molar-refractivity contribution in [3.8, 4) is 5.75 Å². The van der Waals surface area contributed by atoms with Crippen LogP contribution in [0.5, 0.6) is 5.75 Å². The Labute approximate surface area is 113 Å². The molecule has 0 spiro atoms. The van der Waals surface area contributed by atoms with Crippen molar-refractivity contribution in [1.82, 2.24) is 9.55 Å². The van der Waals surface area contributed by atoms with Crippen LogP contribution in [0.15, 0.2) is 24.4 Å². The Morgan fingerprint density at radius 3 is 2.85 bits per heavy atom. The highest BCUT2D eigenvalue weighted by molar-refractivity contribution is 5.29. The second-order valence-corrected chi connectivity index (χ2v) is 4.08. The lowest BCUT2D eigenvalue weighted by molar-refractivity contribution is -0.396. The summed E-state index contributed by atoms with van der Waals surface area (Å²) < 4.78 is 20.1. The molecular weight excluding hydrogens is 269 g/mol. The highest BCUT2D eigenvalue weighted by Crippen LogP contribution is 2.20. The van der Waals surface area contributed by atoms with Gasteiger partial charge in [0.05, 0.1) is 13.7 Å². The fourth-order valence-corrected chi connectivity index (χ4v) is 1.65. The summed E-state index contributed by atoms with van der Waals surface area (Å²) in [5.74, 6) is -0.904. The molecule has 20 heavy (non-hydrogen) atoms. The number of aliphatic hydroxyl groups is 1. The number of hydrogen-bond donors (Lipinski definition) is 1. The van der Waals surface area contributed by atoms with E-state index in [1.54, 1.807) is 0 Å². The van der Waals surface area contributed by atoms with Crippen molar-refractivity contribution in [3.05, 3.63) is 51.6 Å². The molecule has 0 fully saturated rings. The molecule has 7 nitrogen and oxygen atoms in total. The molecule has 2 rings (SSSR count). The van der Waals surface area contributed by atoms with E-state index in [1.807, 2.05) is 0 Å². The predicted octanol–water partition coefficient (Wildman–Crippen LogP) is 1.54. The average Bonchev–Trinajstić information content (AvgIpc) is 2.78. The second kappa shape index (κ2) is 5.66. The average molecular weight is 281 g/mol. The van der Waals surface area contributed by atoms with Gasteiger partial charge in [0, 0.05) is 0 Å². The molecule has 0 saturated heterocycles. The lowest BCUT2D eigenvalue weighted by Gasteiger charge is -2.07. The summed E-state index contributed by atoms with van der Waals surface area (Å²) in [7, 11) is 1.48. The van der Waals surface area contributed by atoms with Crippen LogP contribution >= 0.6 is 0 Å². The summed E-state index contributed by atoms with van der Waals surface area (Å²) in [6, 6.07) is 4.09. The minimum absolute atomic E-state index is 0.00560. The summed E-state index contributed by atoms with van der Waals surface area (Å²) in [5.41, 5.74) is 0.883. The number of benzene rings is 1. The highest BCUT2D eigenvalue weighted by atomic mass is 19.1. The third-order valence-electron chi connectivity index (χ3n) is 2.78. The van der Waals surface area contributed by atoms with Gasteiger partial charge in [0.15, 0.2) is 17.3 Å². The first kappa shape index (κ1) is 13.9. The maximum Gasteiger partial charge on any atom is 0.434 e. The van der Waals surface area contributed by atoms with Gasteiger partial charge in [0.25, 0.3) is 0 Å². The summed E-state index contributed by atoms with van der Waals surface area (Å²) in [5, 5.41) is 19.5. The summed E-state index contributed by atoms with van der Waals surface area (Å²) in [6.45, 7) is -0.308. The topological polar surface area (TPSA) is 90.4 Å². The third kappa shape index (κ3) is 2.75. The first-order valence-corrected chi connectivity index (χ1v) is 5.70. The molecule has 0 amide bonds. The zero-order valence-electron chi connectivity index (χ0n) is 10.6. The fourth-order valence-electron chi connectivity index (χ4n) is 1.65. The molecule has 1 aromatic carbocycles. The number of rotatable bonds is 5. The van der Waals surface area contributed by atoms with E-state index in [4.69, 9.17) is 9.84 Å². The Morgan fingerprint density at radius 1 is 1.55 bits per heavy atom. The number of halogens is 1. The molecule has 0 saturated carbocycles. The van der Waals surface area contributed by atoms with Crippen molar-refractivity contribution in [2.75, 3.05) is 0 Å². The summed E-state index contributed by atoms with van der Waals surface area (Å²) in [4.78, 5) is 13.7. The van der Waals surface area contributed by atoms with Gasteiger partial charge in [-0.15, -0.1) is 0 Å². The molecular formula is C12H12FN3O4. The van der Waals surface area contributed by atoms with Crippen LogP contribution < -0.4 is 4.74 Å². The van der Waals surface area contributed by atoms with E-state index in [2.05, 4.69) is 4.98 Å². The van der Waals surface area contributed by atoms with Gasteiger partial charge in [0.1, 0.15) is 12.8 Å². The molecule has 0 aliphatic carbocycles. The molecule has 1 heterocycles. The lowest BCUT2D eigenvalue weighted by Crippen LogP contribution is -2.05. The molecule has 0 aliphatic rings. The van der Waals surface area contributed by atoms with E-state index in [0.29, 0.717) is 11.3 Å². The minimum atomic E-state index is -0.611. The van der Waals surface area contributed by atoms with Crippen molar-refractivity contribution in [1.29, 1.82) is 0 Å². The third-order valence-corrected chi connectivity index (χ3v) is 2.78. The Hall–Kier alpha value is -2.48. The molecule has 1 aromatic heterocycles. The van der Waals surface area contributed by atoms with Gasteiger partial charge in [-0.05, 0) is 22.6 Å². The van der Waals surface area contributed by atoms with Gasteiger partial charge in [-0.3, -0.25) is 0 Å². The van der Waals surface area contributed by atoms with Gasteiger partial charge in [-0.25, -0.2) is 8.96 Å². The number of aliphatic hydroxyl groups excluding tert-OH is 1. The van der Waals surface area contributed by atoms with E-state index in [1.165, 1.54) is 36.0 Å². The SMILES string of the molecule is Cn1c(COc2ccc(CO)cc2F)cnc1[N+](=O)[O-]. The zero-order valence-corrected chi connectivity index (χ0v) is 10.6. The molecule has 106 valence electrons. The van der Waals surface area contributed by atoms with Crippen LogP contribution in [0.2, 0.25) is 0 Å². The number of imidazole rings is 1. The van der Waals surface area contributed by atoms with Gasteiger partial charge in [-0.2, -0.15) is 0 Å². The molecule has 2 aromatic rings. The van der Waals surface area contributed by atoms with Crippen LogP contribution in [-0.4, -0.2) is 19.6 Å². The van der Waals surface area contributed by atoms with Crippen molar-refractivity contribution >= 4 is 5.95 Å². The fraction of sp³-hybridized carbons (Fsp3) is 0.250. The van der Waals surface area contributed by atoms with Gasteiger partial charge in [-0.1, -0.05) is 11.1 Å². The highest BCUT2D eigenvalue weighted by Gasteiger charge is 2.17. The van der Waals surface area contributed by atoms with Crippen LogP contribution in [0.4, 0.5) is 10.3 Å². The number of aromatic nitrogens is 2. The van der Waals surface area contributed by atoms with Crippen LogP contribution in [0.1, 0.15) is 11.3 Å². The van der Waals surface area contributed by atoms with E-state index in [-0.39, 0.29) is 24.9 Å². The maximum atomic E-state index is 13.6. The van der Waals surface area contributed by atoms with Gasteiger partial charge >= 0.3 is 5.95 Å². The standard InChI is InChI=1S/C12H12FN3O4/c1-15-9(5-14-12(15)16(18)19)7-20-11-3-2-8(6-17)4-10(11)13/h2-5,17H,6-7H2,1H3. The lowest BCUT2D eigenvalue weighted by atomic mass is 10.2. The molecule has 1 N–H and O–H groups in total. The second-order valence-electron chi connectivity index (χ2n) is 4.08. The quantitative estimate of drug-likeness (QED) is 0.663. The Morgan fingerprint density at radius 2 is 2.30 bits per heavy atom. The smallest absolute Gasteiger partial charge is 0.434 e. The number of nitro groups is 1. The molecule has 0 radical (unpaired) electrons. The maximum absolute atomic E-state index is 13.6. The van der Waals surface area contributed by atoms with Crippen LogP contribution in [0, 0.1) is 15.9 Å². The number of ether oxygens (including phenoxy) is 1. The van der Waals surface area contributed by atoms with E-state index >= 15 is 0 Å².